The van der Waals surface area contributed by atoms with Crippen molar-refractivity contribution in [1.29, 1.82) is 0 Å². The summed E-state index contributed by atoms with van der Waals surface area (Å²) in [6.45, 7) is 4.82. The summed E-state index contributed by atoms with van der Waals surface area (Å²) < 4.78 is 2.09. The van der Waals surface area contributed by atoms with Crippen LogP contribution in [0.15, 0.2) is 36.4 Å². The lowest BCUT2D eigenvalue weighted by Crippen LogP contribution is -2.43. The molecule has 0 unspecified atom stereocenters. The number of aromatic nitrogens is 2. The van der Waals surface area contributed by atoms with Crippen LogP contribution in [-0.2, 0) is 6.54 Å². The molecule has 27 heavy (non-hydrogen) atoms. The molecular formula is C18H17Cl2N5OS. The summed E-state index contributed by atoms with van der Waals surface area (Å²) in [6, 6.07) is 10.4. The molecule has 140 valence electrons. The van der Waals surface area contributed by atoms with Gasteiger partial charge in [-0.05, 0) is 62.5 Å². The molecule has 1 heterocycles. The number of nitrogens with zero attached hydrogens (tertiary/aromatic N) is 2. The first kappa shape index (κ1) is 19.4. The van der Waals surface area contributed by atoms with Crippen molar-refractivity contribution >= 4 is 63.2 Å². The van der Waals surface area contributed by atoms with Crippen molar-refractivity contribution in [2.45, 2.75) is 20.4 Å². The number of hydrogen-bond donors (Lipinski definition) is 3. The third-order valence-electron chi connectivity index (χ3n) is 3.99. The first-order valence-corrected chi connectivity index (χ1v) is 9.34. The smallest absolute Gasteiger partial charge is 0.269 e. The first-order chi connectivity index (χ1) is 12.9. The van der Waals surface area contributed by atoms with Crippen LogP contribution in [0.2, 0.25) is 10.0 Å². The van der Waals surface area contributed by atoms with Crippen LogP contribution in [-0.4, -0.2) is 20.6 Å². The van der Waals surface area contributed by atoms with Gasteiger partial charge in [0.05, 0.1) is 21.7 Å². The van der Waals surface area contributed by atoms with Crippen LogP contribution in [0.1, 0.15) is 23.1 Å². The molecule has 0 spiro atoms. The highest BCUT2D eigenvalue weighted by molar-refractivity contribution is 7.80. The van der Waals surface area contributed by atoms with Gasteiger partial charge in [-0.2, -0.15) is 0 Å². The average Bonchev–Trinajstić information content (AvgIpc) is 2.96. The number of benzene rings is 2. The molecule has 0 radical (unpaired) electrons. The lowest BCUT2D eigenvalue weighted by atomic mass is 10.2. The minimum absolute atomic E-state index is 0.194. The van der Waals surface area contributed by atoms with Gasteiger partial charge in [0, 0.05) is 17.1 Å². The molecule has 3 aromatic rings. The first-order valence-electron chi connectivity index (χ1n) is 8.18. The van der Waals surface area contributed by atoms with Gasteiger partial charge in [-0.1, -0.05) is 23.2 Å². The quantitative estimate of drug-likeness (QED) is 0.434. The van der Waals surface area contributed by atoms with Crippen molar-refractivity contribution < 1.29 is 4.79 Å². The molecule has 0 saturated heterocycles. The fraction of sp³-hybridized carbons (Fsp3) is 0.167. The maximum atomic E-state index is 12.4. The van der Waals surface area contributed by atoms with Gasteiger partial charge in [0.15, 0.2) is 5.11 Å². The molecule has 0 aliphatic rings. The highest BCUT2D eigenvalue weighted by atomic mass is 35.5. The van der Waals surface area contributed by atoms with Gasteiger partial charge < -0.3 is 9.88 Å². The number of nitrogens with one attached hydrogen (secondary N) is 3. The lowest BCUT2D eigenvalue weighted by Gasteiger charge is -2.13. The molecule has 0 fully saturated rings. The Balaban J connectivity index is 1.65. The molecule has 0 aliphatic carbocycles. The van der Waals surface area contributed by atoms with Crippen molar-refractivity contribution in [1.82, 2.24) is 20.4 Å². The zero-order valence-electron chi connectivity index (χ0n) is 14.6. The number of hydrazine groups is 1. The Morgan fingerprint density at radius 2 is 1.96 bits per heavy atom. The standard InChI is InChI=1S/C18H17Cl2N5OS/c1-3-25-10(2)21-15-8-11(4-7-16(15)25)17(26)23-24-18(27)22-14-6-5-12(19)9-13(14)20/h4-9H,3H2,1-2H3,(H,23,26)(H2,22,24,27). The van der Waals surface area contributed by atoms with Crippen LogP contribution in [0.4, 0.5) is 5.69 Å². The van der Waals surface area contributed by atoms with Crippen molar-refractivity contribution in [2.24, 2.45) is 0 Å². The van der Waals surface area contributed by atoms with Crippen molar-refractivity contribution in [3.63, 3.8) is 0 Å². The van der Waals surface area contributed by atoms with Crippen LogP contribution in [0.3, 0.4) is 0 Å². The van der Waals surface area contributed by atoms with E-state index in [9.17, 15) is 4.79 Å². The molecule has 9 heteroatoms. The van der Waals surface area contributed by atoms with E-state index < -0.39 is 0 Å². The fourth-order valence-electron chi connectivity index (χ4n) is 2.72. The lowest BCUT2D eigenvalue weighted by molar-refractivity contribution is 0.0944. The van der Waals surface area contributed by atoms with Gasteiger partial charge in [-0.25, -0.2) is 4.98 Å². The second-order valence-corrected chi connectivity index (χ2v) is 7.02. The Morgan fingerprint density at radius 1 is 1.19 bits per heavy atom. The zero-order chi connectivity index (χ0) is 19.6. The Labute approximate surface area is 171 Å². The number of carbonyl (C=O) groups is 1. The summed E-state index contributed by atoms with van der Waals surface area (Å²) in [7, 11) is 0. The molecule has 1 aromatic heterocycles. The molecule has 0 bridgehead atoms. The molecule has 0 aliphatic heterocycles. The van der Waals surface area contributed by atoms with Gasteiger partial charge in [0.2, 0.25) is 0 Å². The highest BCUT2D eigenvalue weighted by Gasteiger charge is 2.11. The van der Waals surface area contributed by atoms with E-state index in [0.29, 0.717) is 21.3 Å². The van der Waals surface area contributed by atoms with Crippen LogP contribution >= 0.6 is 35.4 Å². The summed E-state index contributed by atoms with van der Waals surface area (Å²) >= 11 is 17.1. The number of rotatable bonds is 3. The summed E-state index contributed by atoms with van der Waals surface area (Å²) in [5.74, 6) is 0.584. The van der Waals surface area contributed by atoms with Gasteiger partial charge in [0.1, 0.15) is 5.82 Å². The van der Waals surface area contributed by atoms with E-state index in [0.717, 1.165) is 23.4 Å². The van der Waals surface area contributed by atoms with Crippen molar-refractivity contribution in [3.8, 4) is 0 Å². The van der Waals surface area contributed by atoms with Gasteiger partial charge in [-0.15, -0.1) is 0 Å². The summed E-state index contributed by atoms with van der Waals surface area (Å²) in [5.41, 5.74) is 8.03. The number of hydrogen-bond acceptors (Lipinski definition) is 3. The minimum Gasteiger partial charge on any atom is -0.330 e. The topological polar surface area (TPSA) is 71.0 Å². The van der Waals surface area contributed by atoms with E-state index in [4.69, 9.17) is 35.4 Å². The number of fused-ring (bicyclic) bond motifs is 1. The average molecular weight is 422 g/mol. The van der Waals surface area contributed by atoms with Crippen LogP contribution < -0.4 is 16.2 Å². The largest absolute Gasteiger partial charge is 0.330 e. The van der Waals surface area contributed by atoms with E-state index in [1.807, 2.05) is 13.0 Å². The molecule has 2 aromatic carbocycles. The fourth-order valence-corrected chi connectivity index (χ4v) is 3.34. The maximum absolute atomic E-state index is 12.4. The third kappa shape index (κ3) is 4.32. The minimum atomic E-state index is -0.327. The van der Waals surface area contributed by atoms with E-state index in [1.165, 1.54) is 0 Å². The number of imidazole rings is 1. The number of halogens is 2. The SMILES string of the molecule is CCn1c(C)nc2cc(C(=O)NNC(=S)Nc3ccc(Cl)cc3Cl)ccc21. The molecule has 6 nitrogen and oxygen atoms in total. The van der Waals surface area contributed by atoms with Crippen LogP contribution in [0.25, 0.3) is 11.0 Å². The monoisotopic (exact) mass is 421 g/mol. The highest BCUT2D eigenvalue weighted by Crippen LogP contribution is 2.25. The van der Waals surface area contributed by atoms with Crippen LogP contribution in [0, 0.1) is 6.92 Å². The van der Waals surface area contributed by atoms with E-state index in [1.54, 1.807) is 30.3 Å². The van der Waals surface area contributed by atoms with E-state index in [-0.39, 0.29) is 11.0 Å². The predicted octanol–water partition coefficient (Wildman–Crippen LogP) is 4.30. The maximum Gasteiger partial charge on any atom is 0.269 e. The van der Waals surface area contributed by atoms with Crippen molar-refractivity contribution in [2.75, 3.05) is 5.32 Å². The molecule has 3 rings (SSSR count). The molecule has 0 saturated carbocycles. The number of anilines is 1. The number of amides is 1. The van der Waals surface area contributed by atoms with Crippen molar-refractivity contribution in [3.05, 3.63) is 57.8 Å². The van der Waals surface area contributed by atoms with Crippen LogP contribution in [0.5, 0.6) is 0 Å². The normalized spacial score (nSPS) is 10.7. The number of thiocarbonyl (C=S) groups is 1. The second-order valence-electron chi connectivity index (χ2n) is 5.76. The van der Waals surface area contributed by atoms with E-state index >= 15 is 0 Å². The Morgan fingerprint density at radius 3 is 2.67 bits per heavy atom. The van der Waals surface area contributed by atoms with Gasteiger partial charge in [-0.3, -0.25) is 15.6 Å². The Hall–Kier alpha value is -2.35. The Bertz CT molecular complexity index is 1030. The van der Waals surface area contributed by atoms with Gasteiger partial charge in [0.25, 0.3) is 5.91 Å². The molecule has 0 atom stereocenters. The van der Waals surface area contributed by atoms with E-state index in [2.05, 4.69) is 32.6 Å². The second kappa shape index (κ2) is 8.12. The van der Waals surface area contributed by atoms with Gasteiger partial charge >= 0.3 is 0 Å². The number of aryl methyl sites for hydroxylation is 2. The summed E-state index contributed by atoms with van der Waals surface area (Å²) in [4.78, 5) is 16.9. The number of carbonyl (C=O) groups excluding carboxylic acids is 1. The predicted molar refractivity (Wildman–Crippen MR) is 113 cm³/mol. The summed E-state index contributed by atoms with van der Waals surface area (Å²) in [6.07, 6.45) is 0. The third-order valence-corrected chi connectivity index (χ3v) is 4.74. The molecule has 1 amide bonds. The zero-order valence-corrected chi connectivity index (χ0v) is 17.0. The molecule has 3 N–H and O–H groups in total. The Kier molecular flexibility index (Phi) is 5.84. The molecular weight excluding hydrogens is 405 g/mol. The summed E-state index contributed by atoms with van der Waals surface area (Å²) in [5, 5.41) is 4.03.